The number of hydrogen-bond donors (Lipinski definition) is 1. The third-order valence-corrected chi connectivity index (χ3v) is 5.95. The summed E-state index contributed by atoms with van der Waals surface area (Å²) in [7, 11) is 1.59. The van der Waals surface area contributed by atoms with Gasteiger partial charge in [0, 0.05) is 33.2 Å². The number of ether oxygens (including phenoxy) is 1. The summed E-state index contributed by atoms with van der Waals surface area (Å²) in [5, 5.41) is 10.9. The summed E-state index contributed by atoms with van der Waals surface area (Å²) >= 11 is 0. The fourth-order valence-corrected chi connectivity index (χ4v) is 4.28. The zero-order valence-corrected chi connectivity index (χ0v) is 16.9. The molecule has 2 heterocycles. The van der Waals surface area contributed by atoms with Crippen LogP contribution in [0.5, 0.6) is 0 Å². The Kier molecular flexibility index (Phi) is 7.82. The normalized spacial score (nSPS) is 20.9. The van der Waals surface area contributed by atoms with Crippen molar-refractivity contribution < 1.29 is 14.3 Å². The highest BCUT2D eigenvalue weighted by atomic mass is 16.5. The van der Waals surface area contributed by atoms with E-state index < -0.39 is 0 Å². The summed E-state index contributed by atoms with van der Waals surface area (Å²) in [6.45, 7) is 2.37. The number of hydrogen-bond acceptors (Lipinski definition) is 5. The number of likely N-dealkylation sites (tertiary alicyclic amines) is 1. The second-order valence-electron chi connectivity index (χ2n) is 8.01. The summed E-state index contributed by atoms with van der Waals surface area (Å²) in [5.41, 5.74) is 0.303. The lowest BCUT2D eigenvalue weighted by atomic mass is 9.86. The van der Waals surface area contributed by atoms with E-state index in [1.165, 1.54) is 32.1 Å². The Labute approximate surface area is 167 Å². The average molecular weight is 392 g/mol. The van der Waals surface area contributed by atoms with E-state index >= 15 is 0 Å². The number of aromatic nitrogens is 3. The van der Waals surface area contributed by atoms with Crippen LogP contribution in [0.15, 0.2) is 6.20 Å². The van der Waals surface area contributed by atoms with E-state index in [0.717, 1.165) is 31.7 Å². The molecule has 1 N–H and O–H groups in total. The van der Waals surface area contributed by atoms with Crippen molar-refractivity contribution in [1.82, 2.24) is 25.2 Å². The van der Waals surface area contributed by atoms with Crippen LogP contribution < -0.4 is 5.32 Å². The number of piperidine rings is 1. The molecule has 1 aromatic rings. The van der Waals surface area contributed by atoms with Gasteiger partial charge in [-0.2, -0.15) is 0 Å². The fourth-order valence-electron chi connectivity index (χ4n) is 4.28. The van der Waals surface area contributed by atoms with E-state index in [-0.39, 0.29) is 17.9 Å². The first-order chi connectivity index (χ1) is 13.7. The van der Waals surface area contributed by atoms with E-state index in [0.29, 0.717) is 31.8 Å². The second-order valence-corrected chi connectivity index (χ2v) is 8.01. The molecule has 0 bridgehead atoms. The van der Waals surface area contributed by atoms with Gasteiger partial charge in [-0.1, -0.05) is 37.3 Å². The van der Waals surface area contributed by atoms with Crippen molar-refractivity contribution in [2.45, 2.75) is 63.8 Å². The first-order valence-corrected chi connectivity index (χ1v) is 10.6. The molecule has 156 valence electrons. The molecule has 1 saturated heterocycles. The topological polar surface area (TPSA) is 89.4 Å². The van der Waals surface area contributed by atoms with Crippen LogP contribution in [-0.4, -0.2) is 65.1 Å². The molecule has 8 heteroatoms. The highest BCUT2D eigenvalue weighted by Gasteiger charge is 2.26. The maximum Gasteiger partial charge on any atom is 0.273 e. The summed E-state index contributed by atoms with van der Waals surface area (Å²) < 4.78 is 6.67. The highest BCUT2D eigenvalue weighted by Crippen LogP contribution is 2.28. The van der Waals surface area contributed by atoms with Crippen LogP contribution in [0, 0.1) is 5.92 Å². The summed E-state index contributed by atoms with van der Waals surface area (Å²) in [6.07, 6.45) is 11.8. The van der Waals surface area contributed by atoms with Gasteiger partial charge in [-0.15, -0.1) is 5.10 Å². The number of amides is 2. The third-order valence-electron chi connectivity index (χ3n) is 5.95. The number of nitrogens with one attached hydrogen (secondary N) is 1. The van der Waals surface area contributed by atoms with Crippen molar-refractivity contribution in [2.75, 3.05) is 33.4 Å². The van der Waals surface area contributed by atoms with Crippen molar-refractivity contribution >= 4 is 11.8 Å². The van der Waals surface area contributed by atoms with Crippen LogP contribution in [0.4, 0.5) is 0 Å². The number of carbonyl (C=O) groups excluding carboxylic acids is 2. The van der Waals surface area contributed by atoms with Gasteiger partial charge in [0.15, 0.2) is 5.69 Å². The molecule has 2 amide bonds. The van der Waals surface area contributed by atoms with Crippen molar-refractivity contribution in [3.05, 3.63) is 11.9 Å². The molecule has 0 radical (unpaired) electrons. The minimum Gasteiger partial charge on any atom is -0.383 e. The van der Waals surface area contributed by atoms with Gasteiger partial charge < -0.3 is 15.0 Å². The predicted molar refractivity (Wildman–Crippen MR) is 105 cm³/mol. The van der Waals surface area contributed by atoms with Crippen molar-refractivity contribution in [3.63, 3.8) is 0 Å². The van der Waals surface area contributed by atoms with Gasteiger partial charge in [0.05, 0.1) is 18.8 Å². The third kappa shape index (κ3) is 5.77. The molecule has 1 unspecified atom stereocenters. The maximum atomic E-state index is 12.7. The molecule has 2 fully saturated rings. The Bertz CT molecular complexity index is 642. The largest absolute Gasteiger partial charge is 0.383 e. The van der Waals surface area contributed by atoms with Crippen LogP contribution in [0.3, 0.4) is 0 Å². The quantitative estimate of drug-likeness (QED) is 0.686. The lowest BCUT2D eigenvalue weighted by Gasteiger charge is -2.33. The second kappa shape index (κ2) is 10.5. The van der Waals surface area contributed by atoms with Gasteiger partial charge in [0.2, 0.25) is 5.91 Å². The Morgan fingerprint density at radius 3 is 2.82 bits per heavy atom. The molecule has 8 nitrogen and oxygen atoms in total. The molecule has 0 spiro atoms. The van der Waals surface area contributed by atoms with Crippen molar-refractivity contribution in [2.24, 2.45) is 5.92 Å². The highest BCUT2D eigenvalue weighted by molar-refractivity contribution is 5.91. The summed E-state index contributed by atoms with van der Waals surface area (Å²) in [6, 6.07) is 0.0837. The molecule has 1 atom stereocenters. The number of nitrogens with zero attached hydrogens (tertiary/aromatic N) is 4. The molecule has 1 saturated carbocycles. The Hall–Kier alpha value is -1.96. The van der Waals surface area contributed by atoms with Gasteiger partial charge in [-0.25, -0.2) is 4.68 Å². The van der Waals surface area contributed by atoms with E-state index in [9.17, 15) is 9.59 Å². The number of carbonyl (C=O) groups is 2. The van der Waals surface area contributed by atoms with Crippen LogP contribution >= 0.6 is 0 Å². The van der Waals surface area contributed by atoms with Crippen molar-refractivity contribution in [1.29, 1.82) is 0 Å². The summed E-state index contributed by atoms with van der Waals surface area (Å²) in [4.78, 5) is 26.7. The van der Waals surface area contributed by atoms with Crippen LogP contribution in [0.25, 0.3) is 0 Å². The number of methoxy groups -OCH3 is 1. The molecule has 1 aliphatic heterocycles. The smallest absolute Gasteiger partial charge is 0.273 e. The zero-order chi connectivity index (χ0) is 19.8. The van der Waals surface area contributed by atoms with Gasteiger partial charge in [0.25, 0.3) is 5.91 Å². The molecule has 2 aliphatic rings. The lowest BCUT2D eigenvalue weighted by Crippen LogP contribution is -2.41. The SMILES string of the molecule is COCCNC(=O)c1cn(C2CCCN(C(=O)CCC3CCCCC3)C2)nn1. The minimum atomic E-state index is -0.250. The van der Waals surface area contributed by atoms with Crippen LogP contribution in [-0.2, 0) is 9.53 Å². The minimum absolute atomic E-state index is 0.0837. The Morgan fingerprint density at radius 1 is 1.21 bits per heavy atom. The van der Waals surface area contributed by atoms with E-state index in [1.54, 1.807) is 18.0 Å². The Morgan fingerprint density at radius 2 is 2.04 bits per heavy atom. The molecule has 1 aromatic heterocycles. The van der Waals surface area contributed by atoms with Gasteiger partial charge in [0.1, 0.15) is 0 Å². The average Bonchev–Trinajstić information content (AvgIpc) is 3.23. The number of rotatable bonds is 8. The van der Waals surface area contributed by atoms with Crippen molar-refractivity contribution in [3.8, 4) is 0 Å². The van der Waals surface area contributed by atoms with E-state index in [2.05, 4.69) is 15.6 Å². The molecule has 1 aliphatic carbocycles. The van der Waals surface area contributed by atoms with E-state index in [4.69, 9.17) is 4.74 Å². The lowest BCUT2D eigenvalue weighted by molar-refractivity contribution is -0.133. The maximum absolute atomic E-state index is 12.7. The fraction of sp³-hybridized carbons (Fsp3) is 0.800. The molecule has 28 heavy (non-hydrogen) atoms. The van der Waals surface area contributed by atoms with E-state index in [1.807, 2.05) is 4.90 Å². The monoisotopic (exact) mass is 391 g/mol. The Balaban J connectivity index is 1.48. The first kappa shape index (κ1) is 20.8. The van der Waals surface area contributed by atoms with Gasteiger partial charge >= 0.3 is 0 Å². The zero-order valence-electron chi connectivity index (χ0n) is 16.9. The predicted octanol–water partition coefficient (Wildman–Crippen LogP) is 2.18. The van der Waals surface area contributed by atoms with Gasteiger partial charge in [-0.3, -0.25) is 9.59 Å². The summed E-state index contributed by atoms with van der Waals surface area (Å²) in [5.74, 6) is 0.736. The molecule has 0 aromatic carbocycles. The first-order valence-electron chi connectivity index (χ1n) is 10.6. The van der Waals surface area contributed by atoms with Crippen LogP contribution in [0.2, 0.25) is 0 Å². The standard InChI is InChI=1S/C20H33N5O3/c1-28-13-11-21-20(27)18-15-25(23-22-18)17-8-5-12-24(14-17)19(26)10-9-16-6-3-2-4-7-16/h15-17H,2-14H2,1H3,(H,21,27). The molecular formula is C20H33N5O3. The van der Waals surface area contributed by atoms with Gasteiger partial charge in [-0.05, 0) is 25.2 Å². The van der Waals surface area contributed by atoms with Crippen LogP contribution in [0.1, 0.15) is 74.3 Å². The molecule has 3 rings (SSSR count). The molecular weight excluding hydrogens is 358 g/mol.